The topological polar surface area (TPSA) is 94.7 Å². The first-order valence-corrected chi connectivity index (χ1v) is 5.43. The van der Waals surface area contributed by atoms with Gasteiger partial charge in [-0.05, 0) is 12.1 Å². The lowest BCUT2D eigenvalue weighted by atomic mass is 10.2. The molecule has 0 spiro atoms. The maximum atomic E-state index is 11.0. The van der Waals surface area contributed by atoms with Gasteiger partial charge in [0, 0.05) is 11.6 Å². The Balaban J connectivity index is 2.64. The fourth-order valence-corrected chi connectivity index (χ4v) is 1.16. The number of ether oxygens (including phenoxy) is 1. The molecule has 19 heavy (non-hydrogen) atoms. The Bertz CT molecular complexity index is 532. The Morgan fingerprint density at radius 1 is 1.63 bits per heavy atom. The van der Waals surface area contributed by atoms with Crippen LogP contribution in [0.25, 0.3) is 0 Å². The van der Waals surface area contributed by atoms with E-state index in [1.807, 2.05) is 0 Å². The number of nitriles is 1. The molecule has 0 aromatic heterocycles. The molecule has 0 unspecified atom stereocenters. The van der Waals surface area contributed by atoms with Crippen LogP contribution in [0.4, 0.5) is 0 Å². The summed E-state index contributed by atoms with van der Waals surface area (Å²) in [6.45, 7) is 3.86. The third kappa shape index (κ3) is 4.91. The number of carbonyl (C=O) groups excluding carboxylic acids is 1. The lowest BCUT2D eigenvalue weighted by molar-refractivity contribution is -0.120. The minimum absolute atomic E-state index is 0.0279. The van der Waals surface area contributed by atoms with E-state index in [1.54, 1.807) is 24.3 Å². The van der Waals surface area contributed by atoms with E-state index in [0.717, 1.165) is 0 Å². The molecule has 1 amide bonds. The summed E-state index contributed by atoms with van der Waals surface area (Å²) in [5.41, 5.74) is 2.58. The Morgan fingerprint density at radius 3 is 3.05 bits per heavy atom. The standard InChI is InChI=1S/C13H13N3O3/c1-2-7-19-11-4-3-10(12(17)8-11)9-15-16-13(18)5-6-14/h2-4,8-9,17H,1,5,7H2,(H,16,18)/b15-9-. The van der Waals surface area contributed by atoms with E-state index in [1.165, 1.54) is 12.3 Å². The highest BCUT2D eigenvalue weighted by molar-refractivity contribution is 5.85. The zero-order valence-electron chi connectivity index (χ0n) is 10.2. The molecule has 0 bridgehead atoms. The molecule has 6 nitrogen and oxygen atoms in total. The van der Waals surface area contributed by atoms with Crippen LogP contribution < -0.4 is 10.2 Å². The number of amides is 1. The van der Waals surface area contributed by atoms with Gasteiger partial charge in [-0.25, -0.2) is 5.43 Å². The smallest absolute Gasteiger partial charge is 0.254 e. The average Bonchev–Trinajstić information content (AvgIpc) is 2.39. The predicted octanol–water partition coefficient (Wildman–Crippen LogP) is 1.32. The SMILES string of the molecule is C=CCOc1ccc(/C=N\NC(=O)CC#N)c(O)c1. The van der Waals surface area contributed by atoms with Crippen molar-refractivity contribution in [3.8, 4) is 17.6 Å². The second-order valence-electron chi connectivity index (χ2n) is 3.45. The minimum Gasteiger partial charge on any atom is -0.507 e. The van der Waals surface area contributed by atoms with Crippen molar-refractivity contribution in [2.75, 3.05) is 6.61 Å². The molecule has 0 aliphatic rings. The lowest BCUT2D eigenvalue weighted by Crippen LogP contribution is -2.16. The van der Waals surface area contributed by atoms with Crippen LogP contribution in [0.1, 0.15) is 12.0 Å². The number of nitrogens with one attached hydrogen (secondary N) is 1. The first-order valence-electron chi connectivity index (χ1n) is 5.43. The summed E-state index contributed by atoms with van der Waals surface area (Å²) in [7, 11) is 0. The number of phenolic OH excluding ortho intramolecular Hbond substituents is 1. The predicted molar refractivity (Wildman–Crippen MR) is 69.8 cm³/mol. The number of phenols is 1. The molecule has 98 valence electrons. The largest absolute Gasteiger partial charge is 0.507 e. The highest BCUT2D eigenvalue weighted by Gasteiger charge is 2.01. The Kier molecular flexibility index (Phi) is 5.63. The van der Waals surface area contributed by atoms with E-state index in [9.17, 15) is 9.90 Å². The van der Waals surface area contributed by atoms with Gasteiger partial charge in [0.15, 0.2) is 0 Å². The molecular weight excluding hydrogens is 246 g/mol. The van der Waals surface area contributed by atoms with Crippen LogP contribution >= 0.6 is 0 Å². The van der Waals surface area contributed by atoms with Gasteiger partial charge in [-0.3, -0.25) is 4.79 Å². The number of aromatic hydroxyl groups is 1. The molecule has 0 atom stereocenters. The van der Waals surface area contributed by atoms with Gasteiger partial charge in [-0.2, -0.15) is 10.4 Å². The maximum absolute atomic E-state index is 11.0. The van der Waals surface area contributed by atoms with Gasteiger partial charge in [0.1, 0.15) is 24.5 Å². The summed E-state index contributed by atoms with van der Waals surface area (Å²) in [5, 5.41) is 21.6. The Hall–Kier alpha value is -2.81. The molecule has 1 aromatic carbocycles. The third-order valence-corrected chi connectivity index (χ3v) is 2.00. The van der Waals surface area contributed by atoms with Gasteiger partial charge in [0.05, 0.1) is 12.3 Å². The molecular formula is C13H13N3O3. The molecule has 0 aliphatic carbocycles. The number of nitrogens with zero attached hydrogens (tertiary/aromatic N) is 2. The van der Waals surface area contributed by atoms with E-state index in [0.29, 0.717) is 17.9 Å². The van der Waals surface area contributed by atoms with Crippen LogP contribution in [0.15, 0.2) is 36.0 Å². The molecule has 1 aromatic rings. The molecule has 2 N–H and O–H groups in total. The van der Waals surface area contributed by atoms with E-state index in [2.05, 4.69) is 17.1 Å². The summed E-state index contributed by atoms with van der Waals surface area (Å²) in [4.78, 5) is 11.0. The fourth-order valence-electron chi connectivity index (χ4n) is 1.16. The van der Waals surface area contributed by atoms with Crippen LogP contribution in [0.3, 0.4) is 0 Å². The molecule has 1 rings (SSSR count). The average molecular weight is 259 g/mol. The van der Waals surface area contributed by atoms with Crippen LogP contribution in [0.5, 0.6) is 11.5 Å². The van der Waals surface area contributed by atoms with Crippen molar-refractivity contribution >= 4 is 12.1 Å². The Morgan fingerprint density at radius 2 is 2.42 bits per heavy atom. The van der Waals surface area contributed by atoms with Gasteiger partial charge in [0.25, 0.3) is 5.91 Å². The number of benzene rings is 1. The van der Waals surface area contributed by atoms with E-state index >= 15 is 0 Å². The zero-order valence-corrected chi connectivity index (χ0v) is 10.2. The van der Waals surface area contributed by atoms with Crippen LogP contribution in [0.2, 0.25) is 0 Å². The number of hydrazone groups is 1. The Labute approximate surface area is 110 Å². The van der Waals surface area contributed by atoms with E-state index in [4.69, 9.17) is 10.00 Å². The molecule has 0 heterocycles. The number of rotatable bonds is 6. The monoisotopic (exact) mass is 259 g/mol. The summed E-state index contributed by atoms with van der Waals surface area (Å²) >= 11 is 0. The first kappa shape index (κ1) is 14.3. The first-order chi connectivity index (χ1) is 9.17. The number of hydrogen-bond acceptors (Lipinski definition) is 5. The second-order valence-corrected chi connectivity index (χ2v) is 3.45. The van der Waals surface area contributed by atoms with Crippen LogP contribution in [-0.2, 0) is 4.79 Å². The quantitative estimate of drug-likeness (QED) is 0.457. The van der Waals surface area contributed by atoms with Crippen molar-refractivity contribution in [1.82, 2.24) is 5.43 Å². The summed E-state index contributed by atoms with van der Waals surface area (Å²) in [5.74, 6) is -0.0351. The van der Waals surface area contributed by atoms with E-state index in [-0.39, 0.29) is 12.2 Å². The second kappa shape index (κ2) is 7.50. The van der Waals surface area contributed by atoms with Crippen molar-refractivity contribution in [2.45, 2.75) is 6.42 Å². The van der Waals surface area contributed by atoms with Gasteiger partial charge in [-0.15, -0.1) is 0 Å². The minimum atomic E-state index is -0.510. The van der Waals surface area contributed by atoms with E-state index < -0.39 is 5.91 Å². The molecule has 0 saturated heterocycles. The molecule has 0 saturated carbocycles. The molecule has 0 radical (unpaired) electrons. The highest BCUT2D eigenvalue weighted by Crippen LogP contribution is 2.22. The van der Waals surface area contributed by atoms with Gasteiger partial charge in [0.2, 0.25) is 0 Å². The normalized spacial score (nSPS) is 9.84. The number of hydrogen-bond donors (Lipinski definition) is 2. The molecule has 0 aliphatic heterocycles. The zero-order chi connectivity index (χ0) is 14.1. The summed E-state index contributed by atoms with van der Waals surface area (Å²) < 4.78 is 5.24. The number of carbonyl (C=O) groups is 1. The van der Waals surface area contributed by atoms with Crippen molar-refractivity contribution in [3.63, 3.8) is 0 Å². The van der Waals surface area contributed by atoms with Crippen molar-refractivity contribution in [1.29, 1.82) is 5.26 Å². The van der Waals surface area contributed by atoms with Crippen molar-refractivity contribution in [2.24, 2.45) is 5.10 Å². The maximum Gasteiger partial charge on any atom is 0.254 e. The third-order valence-electron chi connectivity index (χ3n) is 2.00. The van der Waals surface area contributed by atoms with Crippen LogP contribution in [-0.4, -0.2) is 23.8 Å². The fraction of sp³-hybridized carbons (Fsp3) is 0.154. The molecule has 0 fully saturated rings. The van der Waals surface area contributed by atoms with Gasteiger partial charge < -0.3 is 9.84 Å². The summed E-state index contributed by atoms with van der Waals surface area (Å²) in [6, 6.07) is 6.37. The van der Waals surface area contributed by atoms with Crippen molar-refractivity contribution < 1.29 is 14.6 Å². The summed E-state index contributed by atoms with van der Waals surface area (Å²) in [6.07, 6.45) is 2.61. The molecule has 6 heteroatoms. The van der Waals surface area contributed by atoms with Crippen LogP contribution in [0, 0.1) is 11.3 Å². The van der Waals surface area contributed by atoms with Gasteiger partial charge in [-0.1, -0.05) is 12.7 Å². The highest BCUT2D eigenvalue weighted by atomic mass is 16.5. The van der Waals surface area contributed by atoms with Gasteiger partial charge >= 0.3 is 0 Å². The van der Waals surface area contributed by atoms with Crippen molar-refractivity contribution in [3.05, 3.63) is 36.4 Å². The lowest BCUT2D eigenvalue weighted by Gasteiger charge is -2.05.